The van der Waals surface area contributed by atoms with Crippen molar-refractivity contribution in [2.75, 3.05) is 18.6 Å². The van der Waals surface area contributed by atoms with Crippen LogP contribution in [0.15, 0.2) is 67.6 Å². The summed E-state index contributed by atoms with van der Waals surface area (Å²) < 4.78 is 29.0. The van der Waals surface area contributed by atoms with Crippen LogP contribution in [-0.4, -0.2) is 26.7 Å². The molecule has 0 amide bonds. The average Bonchev–Trinajstić information content (AvgIpc) is 2.97. The number of hydrogen-bond donors (Lipinski definition) is 0. The third-order valence-corrected chi connectivity index (χ3v) is 6.88. The number of pyridine rings is 1. The molecule has 7 heteroatoms. The lowest BCUT2D eigenvalue weighted by atomic mass is 10.1. The SMILES string of the molecule is CN1CCc2c(S(=O)(=O)c3ccccc3)c3cc(Br)ccc3c(=O)n21. The van der Waals surface area contributed by atoms with Gasteiger partial charge in [-0.3, -0.25) is 4.79 Å². The number of likely N-dealkylation sites (N-methyl/N-ethyl adjacent to an activating group) is 1. The number of sulfone groups is 1. The minimum absolute atomic E-state index is 0.190. The molecule has 0 aliphatic carbocycles. The highest BCUT2D eigenvalue weighted by atomic mass is 79.9. The first kappa shape index (κ1) is 16.4. The molecule has 0 N–H and O–H groups in total. The van der Waals surface area contributed by atoms with Crippen molar-refractivity contribution in [3.05, 3.63) is 69.1 Å². The molecule has 0 fully saturated rings. The minimum Gasteiger partial charge on any atom is -0.312 e. The van der Waals surface area contributed by atoms with Gasteiger partial charge in [0.25, 0.3) is 5.56 Å². The van der Waals surface area contributed by atoms with Crippen LogP contribution in [0.2, 0.25) is 0 Å². The maximum atomic E-state index is 13.4. The van der Waals surface area contributed by atoms with E-state index in [0.29, 0.717) is 29.4 Å². The third-order valence-electron chi connectivity index (χ3n) is 4.50. The average molecular weight is 419 g/mol. The van der Waals surface area contributed by atoms with Crippen LogP contribution in [0.3, 0.4) is 0 Å². The van der Waals surface area contributed by atoms with Gasteiger partial charge in [0.15, 0.2) is 0 Å². The Hall–Kier alpha value is -2.12. The quantitative estimate of drug-likeness (QED) is 0.641. The monoisotopic (exact) mass is 418 g/mol. The largest absolute Gasteiger partial charge is 0.312 e. The molecule has 0 bridgehead atoms. The first-order valence-electron chi connectivity index (χ1n) is 7.80. The minimum atomic E-state index is -3.75. The highest BCUT2D eigenvalue weighted by molar-refractivity contribution is 9.10. The van der Waals surface area contributed by atoms with Crippen LogP contribution >= 0.6 is 15.9 Å². The molecule has 2 aromatic carbocycles. The summed E-state index contributed by atoms with van der Waals surface area (Å²) in [6.07, 6.45) is 0.510. The van der Waals surface area contributed by atoms with Gasteiger partial charge in [-0.05, 0) is 30.3 Å². The molecule has 0 radical (unpaired) electrons. The van der Waals surface area contributed by atoms with Gasteiger partial charge in [0.2, 0.25) is 9.84 Å². The van der Waals surface area contributed by atoms with Crippen LogP contribution in [0.5, 0.6) is 0 Å². The standard InChI is InChI=1S/C18H15BrN2O3S/c1-20-10-9-16-17(25(23,24)13-5-3-2-4-6-13)15-11-12(19)7-8-14(15)18(22)21(16)20/h2-8,11H,9-10H2,1H3. The maximum Gasteiger partial charge on any atom is 0.277 e. The van der Waals surface area contributed by atoms with E-state index < -0.39 is 9.84 Å². The summed E-state index contributed by atoms with van der Waals surface area (Å²) in [6.45, 7) is 0.601. The molecule has 5 nitrogen and oxygen atoms in total. The van der Waals surface area contributed by atoms with Gasteiger partial charge in [-0.1, -0.05) is 34.1 Å². The zero-order valence-electron chi connectivity index (χ0n) is 13.4. The first-order chi connectivity index (χ1) is 11.9. The van der Waals surface area contributed by atoms with Crippen molar-refractivity contribution in [1.82, 2.24) is 4.68 Å². The third kappa shape index (κ3) is 2.41. The number of halogens is 1. The van der Waals surface area contributed by atoms with Crippen molar-refractivity contribution >= 4 is 36.5 Å². The van der Waals surface area contributed by atoms with Crippen LogP contribution < -0.4 is 10.6 Å². The zero-order valence-corrected chi connectivity index (χ0v) is 15.8. The summed E-state index contributed by atoms with van der Waals surface area (Å²) in [5, 5.41) is 2.63. The van der Waals surface area contributed by atoms with Crippen molar-refractivity contribution in [1.29, 1.82) is 0 Å². The Kier molecular flexibility index (Phi) is 3.73. The fourth-order valence-electron chi connectivity index (χ4n) is 3.34. The molecule has 0 spiro atoms. The van der Waals surface area contributed by atoms with Crippen molar-refractivity contribution < 1.29 is 8.42 Å². The number of hydrogen-bond acceptors (Lipinski definition) is 4. The van der Waals surface area contributed by atoms with Crippen LogP contribution in [0.25, 0.3) is 10.8 Å². The molecule has 0 unspecified atom stereocenters. The molecule has 25 heavy (non-hydrogen) atoms. The lowest BCUT2D eigenvalue weighted by Crippen LogP contribution is -2.36. The summed E-state index contributed by atoms with van der Waals surface area (Å²) >= 11 is 3.39. The molecule has 0 saturated carbocycles. The van der Waals surface area contributed by atoms with Crippen molar-refractivity contribution in [2.45, 2.75) is 16.2 Å². The molecule has 1 aromatic heterocycles. The van der Waals surface area contributed by atoms with E-state index in [4.69, 9.17) is 0 Å². The Balaban J connectivity index is 2.19. The number of rotatable bonds is 2. The van der Waals surface area contributed by atoms with E-state index in [9.17, 15) is 13.2 Å². The Morgan fingerprint density at radius 1 is 1.04 bits per heavy atom. The predicted molar refractivity (Wildman–Crippen MR) is 101 cm³/mol. The first-order valence-corrected chi connectivity index (χ1v) is 10.1. The number of aromatic nitrogens is 1. The Morgan fingerprint density at radius 3 is 2.48 bits per heavy atom. The molecule has 2 heterocycles. The van der Waals surface area contributed by atoms with Gasteiger partial charge >= 0.3 is 0 Å². The lowest BCUT2D eigenvalue weighted by Gasteiger charge is -2.19. The van der Waals surface area contributed by atoms with Gasteiger partial charge < -0.3 is 5.01 Å². The van der Waals surface area contributed by atoms with Gasteiger partial charge in [-0.2, -0.15) is 0 Å². The maximum absolute atomic E-state index is 13.4. The molecular formula is C18H15BrN2O3S. The molecule has 128 valence electrons. The fraction of sp³-hybridized carbons (Fsp3) is 0.167. The molecule has 3 aromatic rings. The summed E-state index contributed by atoms with van der Waals surface area (Å²) in [5.74, 6) is 0. The summed E-state index contributed by atoms with van der Waals surface area (Å²) in [6, 6.07) is 13.5. The number of nitrogens with zero attached hydrogens (tertiary/aromatic N) is 2. The van der Waals surface area contributed by atoms with E-state index >= 15 is 0 Å². The highest BCUT2D eigenvalue weighted by Crippen LogP contribution is 2.33. The summed E-state index contributed by atoms with van der Waals surface area (Å²) in [7, 11) is -1.96. The number of benzene rings is 2. The van der Waals surface area contributed by atoms with E-state index in [1.54, 1.807) is 60.6 Å². The van der Waals surface area contributed by atoms with E-state index in [1.807, 2.05) is 0 Å². The molecule has 0 atom stereocenters. The second kappa shape index (κ2) is 5.71. The Morgan fingerprint density at radius 2 is 1.76 bits per heavy atom. The summed E-state index contributed by atoms with van der Waals surface area (Å²) in [4.78, 5) is 13.3. The highest BCUT2D eigenvalue weighted by Gasteiger charge is 2.31. The van der Waals surface area contributed by atoms with E-state index in [-0.39, 0.29) is 15.4 Å². The van der Waals surface area contributed by atoms with Gasteiger partial charge in [0.1, 0.15) is 4.90 Å². The molecule has 4 rings (SSSR count). The van der Waals surface area contributed by atoms with E-state index in [0.717, 1.165) is 4.47 Å². The van der Waals surface area contributed by atoms with Crippen molar-refractivity contribution in [3.63, 3.8) is 0 Å². The van der Waals surface area contributed by atoms with E-state index in [2.05, 4.69) is 15.9 Å². The zero-order chi connectivity index (χ0) is 17.8. The lowest BCUT2D eigenvalue weighted by molar-refractivity contribution is 0.594. The van der Waals surface area contributed by atoms with Gasteiger partial charge in [-0.15, -0.1) is 0 Å². The van der Waals surface area contributed by atoms with Crippen LogP contribution in [0.1, 0.15) is 5.69 Å². The topological polar surface area (TPSA) is 59.4 Å². The van der Waals surface area contributed by atoms with Gasteiger partial charge in [0.05, 0.1) is 16.0 Å². The second-order valence-corrected chi connectivity index (χ2v) is 8.83. The smallest absolute Gasteiger partial charge is 0.277 e. The normalized spacial score (nSPS) is 14.1. The number of fused-ring (bicyclic) bond motifs is 2. The van der Waals surface area contributed by atoms with Crippen LogP contribution in [-0.2, 0) is 16.3 Å². The van der Waals surface area contributed by atoms with Crippen LogP contribution in [0, 0.1) is 0 Å². The Bertz CT molecular complexity index is 1150. The summed E-state index contributed by atoms with van der Waals surface area (Å²) in [5.41, 5.74) is 0.353. The van der Waals surface area contributed by atoms with Crippen LogP contribution in [0.4, 0.5) is 0 Å². The van der Waals surface area contributed by atoms with Gasteiger partial charge in [-0.25, -0.2) is 13.1 Å². The van der Waals surface area contributed by atoms with E-state index in [1.165, 1.54) is 4.68 Å². The fourth-order valence-corrected chi connectivity index (χ4v) is 5.41. The second-order valence-electron chi connectivity index (χ2n) is 6.03. The predicted octanol–water partition coefficient (Wildman–Crippen LogP) is 2.72. The molecular weight excluding hydrogens is 404 g/mol. The molecule has 0 saturated heterocycles. The van der Waals surface area contributed by atoms with Gasteiger partial charge in [0, 0.05) is 29.9 Å². The van der Waals surface area contributed by atoms with Crippen molar-refractivity contribution in [2.24, 2.45) is 0 Å². The van der Waals surface area contributed by atoms with Crippen molar-refractivity contribution in [3.8, 4) is 0 Å². The Labute approximate surface area is 153 Å². The molecule has 1 aliphatic rings. The molecule has 1 aliphatic heterocycles.